The Balaban J connectivity index is 1.93. The maximum absolute atomic E-state index is 10.5. The highest BCUT2D eigenvalue weighted by Crippen LogP contribution is 2.25. The second-order valence-corrected chi connectivity index (χ2v) is 5.22. The first kappa shape index (κ1) is 15.3. The molecule has 0 aromatic heterocycles. The molecule has 0 aliphatic carbocycles. The SMILES string of the molecule is CCOc1ccccc1C(O)CN1CCN(CC)CC1. The molecule has 2 rings (SSSR count). The molecular formula is C16H26N2O2. The lowest BCUT2D eigenvalue weighted by atomic mass is 10.1. The van der Waals surface area contributed by atoms with E-state index in [1.165, 1.54) is 0 Å². The van der Waals surface area contributed by atoms with Crippen molar-refractivity contribution in [1.29, 1.82) is 0 Å². The van der Waals surface area contributed by atoms with Crippen molar-refractivity contribution in [2.24, 2.45) is 0 Å². The van der Waals surface area contributed by atoms with Crippen LogP contribution in [0.2, 0.25) is 0 Å². The molecule has 112 valence electrons. The van der Waals surface area contributed by atoms with Crippen molar-refractivity contribution < 1.29 is 9.84 Å². The van der Waals surface area contributed by atoms with Gasteiger partial charge in [0.05, 0.1) is 12.7 Å². The summed E-state index contributed by atoms with van der Waals surface area (Å²) in [5.41, 5.74) is 0.896. The zero-order valence-corrected chi connectivity index (χ0v) is 12.6. The molecule has 1 heterocycles. The number of rotatable bonds is 6. The van der Waals surface area contributed by atoms with Crippen LogP contribution in [0.15, 0.2) is 24.3 Å². The van der Waals surface area contributed by atoms with E-state index in [-0.39, 0.29) is 0 Å². The molecule has 1 fully saturated rings. The van der Waals surface area contributed by atoms with Crippen molar-refractivity contribution in [3.05, 3.63) is 29.8 Å². The lowest BCUT2D eigenvalue weighted by molar-refractivity contribution is 0.0728. The number of nitrogens with zero attached hydrogens (tertiary/aromatic N) is 2. The highest BCUT2D eigenvalue weighted by Gasteiger charge is 2.20. The predicted octanol–water partition coefficient (Wildman–Crippen LogP) is 1.76. The Bertz CT molecular complexity index is 403. The molecule has 0 bridgehead atoms. The number of ether oxygens (including phenoxy) is 1. The average Bonchev–Trinajstić information content (AvgIpc) is 2.49. The van der Waals surface area contributed by atoms with Crippen LogP contribution in [0.25, 0.3) is 0 Å². The molecule has 0 radical (unpaired) electrons. The molecule has 1 aliphatic heterocycles. The van der Waals surface area contributed by atoms with Crippen LogP contribution in [0, 0.1) is 0 Å². The van der Waals surface area contributed by atoms with Crippen LogP contribution in [0.5, 0.6) is 5.75 Å². The van der Waals surface area contributed by atoms with Gasteiger partial charge < -0.3 is 14.7 Å². The van der Waals surface area contributed by atoms with Gasteiger partial charge in [-0.3, -0.25) is 4.90 Å². The van der Waals surface area contributed by atoms with E-state index >= 15 is 0 Å². The zero-order chi connectivity index (χ0) is 14.4. The molecule has 20 heavy (non-hydrogen) atoms. The number of piperazine rings is 1. The summed E-state index contributed by atoms with van der Waals surface area (Å²) in [6, 6.07) is 7.78. The first-order valence-electron chi connectivity index (χ1n) is 7.59. The van der Waals surface area contributed by atoms with Crippen LogP contribution in [-0.2, 0) is 0 Å². The van der Waals surface area contributed by atoms with Gasteiger partial charge in [-0.05, 0) is 19.5 Å². The van der Waals surface area contributed by atoms with Gasteiger partial charge >= 0.3 is 0 Å². The Kier molecular flexibility index (Phi) is 5.83. The Morgan fingerprint density at radius 1 is 1.10 bits per heavy atom. The fourth-order valence-corrected chi connectivity index (χ4v) is 2.67. The monoisotopic (exact) mass is 278 g/mol. The van der Waals surface area contributed by atoms with Gasteiger partial charge in [0.25, 0.3) is 0 Å². The third-order valence-corrected chi connectivity index (χ3v) is 3.92. The standard InChI is InChI=1S/C16H26N2O2/c1-3-17-9-11-18(12-10-17)13-15(19)14-7-5-6-8-16(14)20-4-2/h5-8,15,19H,3-4,9-13H2,1-2H3. The van der Waals surface area contributed by atoms with Gasteiger partial charge in [-0.25, -0.2) is 0 Å². The number of para-hydroxylation sites is 1. The Morgan fingerprint density at radius 2 is 1.75 bits per heavy atom. The number of aliphatic hydroxyl groups is 1. The molecule has 4 nitrogen and oxygen atoms in total. The van der Waals surface area contributed by atoms with Crippen LogP contribution >= 0.6 is 0 Å². The summed E-state index contributed by atoms with van der Waals surface area (Å²) < 4.78 is 5.60. The summed E-state index contributed by atoms with van der Waals surface area (Å²) in [6.07, 6.45) is -0.481. The molecule has 1 aliphatic rings. The minimum Gasteiger partial charge on any atom is -0.493 e. The fourth-order valence-electron chi connectivity index (χ4n) is 2.67. The molecule has 1 aromatic carbocycles. The smallest absolute Gasteiger partial charge is 0.125 e. The predicted molar refractivity (Wildman–Crippen MR) is 81.1 cm³/mol. The Morgan fingerprint density at radius 3 is 2.40 bits per heavy atom. The van der Waals surface area contributed by atoms with Crippen molar-refractivity contribution in [2.75, 3.05) is 45.9 Å². The molecular weight excluding hydrogens is 252 g/mol. The van der Waals surface area contributed by atoms with E-state index in [9.17, 15) is 5.11 Å². The van der Waals surface area contributed by atoms with Gasteiger partial charge in [0.15, 0.2) is 0 Å². The lowest BCUT2D eigenvalue weighted by Gasteiger charge is -2.35. The van der Waals surface area contributed by atoms with E-state index in [0.717, 1.165) is 44.0 Å². The van der Waals surface area contributed by atoms with Gasteiger partial charge in [-0.1, -0.05) is 25.1 Å². The van der Waals surface area contributed by atoms with Crippen LogP contribution in [-0.4, -0.2) is 60.8 Å². The van der Waals surface area contributed by atoms with E-state index < -0.39 is 6.10 Å². The topological polar surface area (TPSA) is 35.9 Å². The normalized spacial score (nSPS) is 18.9. The number of benzene rings is 1. The summed E-state index contributed by atoms with van der Waals surface area (Å²) >= 11 is 0. The summed E-state index contributed by atoms with van der Waals surface area (Å²) in [5.74, 6) is 0.801. The minimum absolute atomic E-state index is 0.481. The van der Waals surface area contributed by atoms with Crippen molar-refractivity contribution in [2.45, 2.75) is 20.0 Å². The lowest BCUT2D eigenvalue weighted by Crippen LogP contribution is -2.47. The number of likely N-dealkylation sites (N-methyl/N-ethyl adjacent to an activating group) is 1. The highest BCUT2D eigenvalue weighted by atomic mass is 16.5. The number of hydrogen-bond acceptors (Lipinski definition) is 4. The number of hydrogen-bond donors (Lipinski definition) is 1. The van der Waals surface area contributed by atoms with E-state index in [4.69, 9.17) is 4.74 Å². The Hall–Kier alpha value is -1.10. The molecule has 1 atom stereocenters. The average molecular weight is 278 g/mol. The maximum atomic E-state index is 10.5. The van der Waals surface area contributed by atoms with Gasteiger partial charge in [-0.2, -0.15) is 0 Å². The molecule has 0 saturated carbocycles. The zero-order valence-electron chi connectivity index (χ0n) is 12.6. The molecule has 4 heteroatoms. The van der Waals surface area contributed by atoms with Gasteiger partial charge in [0, 0.05) is 38.3 Å². The maximum Gasteiger partial charge on any atom is 0.125 e. The van der Waals surface area contributed by atoms with E-state index in [0.29, 0.717) is 13.2 Å². The number of aliphatic hydroxyl groups excluding tert-OH is 1. The molecule has 0 amide bonds. The van der Waals surface area contributed by atoms with Gasteiger partial charge in [0.1, 0.15) is 5.75 Å². The Labute approximate surface area is 122 Å². The minimum atomic E-state index is -0.481. The van der Waals surface area contributed by atoms with E-state index in [1.54, 1.807) is 0 Å². The number of β-amino-alcohol motifs (C(OH)–C–C–N with tert-alkyl or cyclic N) is 1. The second-order valence-electron chi connectivity index (χ2n) is 5.22. The molecule has 1 N–H and O–H groups in total. The van der Waals surface area contributed by atoms with Crippen LogP contribution in [0.3, 0.4) is 0 Å². The quantitative estimate of drug-likeness (QED) is 0.860. The van der Waals surface area contributed by atoms with Crippen LogP contribution < -0.4 is 4.74 Å². The molecule has 1 saturated heterocycles. The van der Waals surface area contributed by atoms with Crippen molar-refractivity contribution in [3.63, 3.8) is 0 Å². The molecule has 1 aromatic rings. The van der Waals surface area contributed by atoms with E-state index in [2.05, 4.69) is 16.7 Å². The molecule has 1 unspecified atom stereocenters. The van der Waals surface area contributed by atoms with Crippen molar-refractivity contribution in [1.82, 2.24) is 9.80 Å². The molecule has 0 spiro atoms. The van der Waals surface area contributed by atoms with E-state index in [1.807, 2.05) is 31.2 Å². The summed E-state index contributed by atoms with van der Waals surface area (Å²) in [6.45, 7) is 10.8. The van der Waals surface area contributed by atoms with Crippen molar-refractivity contribution in [3.8, 4) is 5.75 Å². The second kappa shape index (κ2) is 7.62. The summed E-state index contributed by atoms with van der Waals surface area (Å²) in [4.78, 5) is 4.77. The third kappa shape index (κ3) is 3.95. The summed E-state index contributed by atoms with van der Waals surface area (Å²) in [7, 11) is 0. The van der Waals surface area contributed by atoms with Crippen LogP contribution in [0.4, 0.5) is 0 Å². The highest BCUT2D eigenvalue weighted by molar-refractivity contribution is 5.35. The third-order valence-electron chi connectivity index (χ3n) is 3.92. The first-order chi connectivity index (χ1) is 9.74. The van der Waals surface area contributed by atoms with Gasteiger partial charge in [0.2, 0.25) is 0 Å². The van der Waals surface area contributed by atoms with Crippen molar-refractivity contribution >= 4 is 0 Å². The first-order valence-corrected chi connectivity index (χ1v) is 7.59. The van der Waals surface area contributed by atoms with Crippen LogP contribution in [0.1, 0.15) is 25.5 Å². The largest absolute Gasteiger partial charge is 0.493 e. The summed E-state index contributed by atoms with van der Waals surface area (Å²) in [5, 5.41) is 10.5. The van der Waals surface area contributed by atoms with Gasteiger partial charge in [-0.15, -0.1) is 0 Å². The fraction of sp³-hybridized carbons (Fsp3) is 0.625.